The maximum Gasteiger partial charge on any atom is 0.220 e. The van der Waals surface area contributed by atoms with Crippen molar-refractivity contribution < 1.29 is 4.79 Å². The molecule has 0 atom stereocenters. The van der Waals surface area contributed by atoms with Crippen molar-refractivity contribution in [2.24, 2.45) is 5.92 Å². The van der Waals surface area contributed by atoms with Crippen LogP contribution in [0.2, 0.25) is 0 Å². The van der Waals surface area contributed by atoms with Crippen LogP contribution in [0.25, 0.3) is 0 Å². The Kier molecular flexibility index (Phi) is 10.4. The minimum atomic E-state index is 0. The van der Waals surface area contributed by atoms with Gasteiger partial charge in [-0.05, 0) is 49.9 Å². The summed E-state index contributed by atoms with van der Waals surface area (Å²) >= 11 is 0. The zero-order valence-electron chi connectivity index (χ0n) is 11.5. The summed E-state index contributed by atoms with van der Waals surface area (Å²) in [6, 6.07) is 3.96. The Morgan fingerprint density at radius 3 is 2.75 bits per heavy atom. The predicted octanol–water partition coefficient (Wildman–Crippen LogP) is 1.97. The highest BCUT2D eigenvalue weighted by atomic mass is 35.5. The van der Waals surface area contributed by atoms with Crippen LogP contribution < -0.4 is 10.6 Å². The molecule has 20 heavy (non-hydrogen) atoms. The summed E-state index contributed by atoms with van der Waals surface area (Å²) in [5.41, 5.74) is 1.17. The molecule has 1 saturated heterocycles. The normalized spacial score (nSPS) is 14.8. The Bertz CT molecular complexity index is 370. The van der Waals surface area contributed by atoms with E-state index in [0.29, 0.717) is 18.9 Å². The van der Waals surface area contributed by atoms with Crippen LogP contribution >= 0.6 is 24.8 Å². The average molecular weight is 320 g/mol. The molecule has 2 rings (SSSR count). The van der Waals surface area contributed by atoms with E-state index < -0.39 is 0 Å². The van der Waals surface area contributed by atoms with Gasteiger partial charge in [0.2, 0.25) is 5.91 Å². The van der Waals surface area contributed by atoms with E-state index in [9.17, 15) is 4.79 Å². The highest BCUT2D eigenvalue weighted by Crippen LogP contribution is 2.15. The smallest absolute Gasteiger partial charge is 0.220 e. The van der Waals surface area contributed by atoms with Crippen LogP contribution in [0.1, 0.15) is 24.8 Å². The number of carbonyl (C=O) groups excluding carboxylic acids is 1. The van der Waals surface area contributed by atoms with Gasteiger partial charge >= 0.3 is 0 Å². The van der Waals surface area contributed by atoms with Crippen LogP contribution in [0.5, 0.6) is 0 Å². The lowest BCUT2D eigenvalue weighted by molar-refractivity contribution is -0.122. The van der Waals surface area contributed by atoms with E-state index in [-0.39, 0.29) is 30.7 Å². The van der Waals surface area contributed by atoms with Crippen molar-refractivity contribution in [1.29, 1.82) is 0 Å². The monoisotopic (exact) mass is 319 g/mol. The molecule has 0 unspecified atom stereocenters. The zero-order chi connectivity index (χ0) is 12.6. The number of nitrogens with zero attached hydrogens (tertiary/aromatic N) is 1. The first kappa shape index (κ1) is 19.2. The molecule has 1 amide bonds. The Balaban J connectivity index is 0.00000180. The van der Waals surface area contributed by atoms with Gasteiger partial charge in [0.15, 0.2) is 0 Å². The molecular formula is C14H23Cl2N3O. The lowest BCUT2D eigenvalue weighted by Gasteiger charge is -2.21. The van der Waals surface area contributed by atoms with E-state index >= 15 is 0 Å². The summed E-state index contributed by atoms with van der Waals surface area (Å²) in [7, 11) is 0. The Labute approximate surface area is 132 Å². The molecule has 0 aromatic carbocycles. The molecule has 0 spiro atoms. The Hall–Kier alpha value is -0.840. The average Bonchev–Trinajstić information content (AvgIpc) is 2.41. The second-order valence-corrected chi connectivity index (χ2v) is 4.86. The van der Waals surface area contributed by atoms with Crippen molar-refractivity contribution in [2.45, 2.75) is 25.7 Å². The van der Waals surface area contributed by atoms with Crippen LogP contribution in [0.3, 0.4) is 0 Å². The maximum atomic E-state index is 11.8. The fourth-order valence-corrected chi connectivity index (χ4v) is 2.31. The molecule has 2 N–H and O–H groups in total. The lowest BCUT2D eigenvalue weighted by Crippen LogP contribution is -2.33. The third-order valence-corrected chi connectivity index (χ3v) is 3.39. The molecule has 0 radical (unpaired) electrons. The van der Waals surface area contributed by atoms with Gasteiger partial charge in [-0.3, -0.25) is 9.78 Å². The standard InChI is InChI=1S/C14H21N3O.2ClH/c18-14(10-12-3-7-15-8-4-12)17-9-5-13-2-1-6-16-11-13;;/h1-2,6,11-12,15H,3-5,7-10H2,(H,17,18);2*1H. The van der Waals surface area contributed by atoms with Crippen molar-refractivity contribution in [3.05, 3.63) is 30.1 Å². The third kappa shape index (κ3) is 7.08. The number of pyridine rings is 1. The molecule has 0 aliphatic carbocycles. The molecule has 1 aromatic rings. The molecule has 6 heteroatoms. The SMILES string of the molecule is Cl.Cl.O=C(CC1CCNCC1)NCCc1cccnc1. The van der Waals surface area contributed by atoms with Crippen LogP contribution in [0.4, 0.5) is 0 Å². The minimum Gasteiger partial charge on any atom is -0.356 e. The zero-order valence-corrected chi connectivity index (χ0v) is 13.1. The first-order valence-electron chi connectivity index (χ1n) is 6.71. The molecule has 1 aliphatic rings. The van der Waals surface area contributed by atoms with Gasteiger partial charge in [-0.15, -0.1) is 24.8 Å². The van der Waals surface area contributed by atoms with Crippen LogP contribution in [-0.2, 0) is 11.2 Å². The molecule has 4 nitrogen and oxygen atoms in total. The van der Waals surface area contributed by atoms with Gasteiger partial charge in [-0.25, -0.2) is 0 Å². The first-order chi connectivity index (χ1) is 8.84. The molecule has 1 aromatic heterocycles. The molecule has 114 valence electrons. The number of hydrogen-bond acceptors (Lipinski definition) is 3. The Morgan fingerprint density at radius 1 is 1.35 bits per heavy atom. The van der Waals surface area contributed by atoms with Crippen molar-refractivity contribution in [2.75, 3.05) is 19.6 Å². The van der Waals surface area contributed by atoms with Gasteiger partial charge in [0.25, 0.3) is 0 Å². The summed E-state index contributed by atoms with van der Waals surface area (Å²) in [4.78, 5) is 15.8. The van der Waals surface area contributed by atoms with E-state index in [1.807, 2.05) is 18.3 Å². The number of halogens is 2. The fraction of sp³-hybridized carbons (Fsp3) is 0.571. The van der Waals surface area contributed by atoms with E-state index in [1.165, 1.54) is 5.56 Å². The number of piperidine rings is 1. The molecule has 2 heterocycles. The predicted molar refractivity (Wildman–Crippen MR) is 85.7 cm³/mol. The molecule has 1 fully saturated rings. The summed E-state index contributed by atoms with van der Waals surface area (Å²) in [6.45, 7) is 2.80. The number of nitrogens with one attached hydrogen (secondary N) is 2. The quantitative estimate of drug-likeness (QED) is 0.872. The fourth-order valence-electron chi connectivity index (χ4n) is 2.31. The third-order valence-electron chi connectivity index (χ3n) is 3.39. The van der Waals surface area contributed by atoms with Crippen LogP contribution in [0, 0.1) is 5.92 Å². The van der Waals surface area contributed by atoms with Crippen molar-refractivity contribution >= 4 is 30.7 Å². The summed E-state index contributed by atoms with van der Waals surface area (Å²) < 4.78 is 0. The highest BCUT2D eigenvalue weighted by molar-refractivity contribution is 5.85. The number of aromatic nitrogens is 1. The van der Waals surface area contributed by atoms with Crippen molar-refractivity contribution in [3.8, 4) is 0 Å². The van der Waals surface area contributed by atoms with Gasteiger partial charge in [0.1, 0.15) is 0 Å². The van der Waals surface area contributed by atoms with E-state index in [4.69, 9.17) is 0 Å². The second kappa shape index (κ2) is 10.9. The van der Waals surface area contributed by atoms with Gasteiger partial charge in [0, 0.05) is 25.4 Å². The van der Waals surface area contributed by atoms with E-state index in [1.54, 1.807) is 6.20 Å². The van der Waals surface area contributed by atoms with Crippen LogP contribution in [-0.4, -0.2) is 30.5 Å². The van der Waals surface area contributed by atoms with Gasteiger partial charge in [-0.1, -0.05) is 6.07 Å². The van der Waals surface area contributed by atoms with E-state index in [0.717, 1.165) is 32.4 Å². The topological polar surface area (TPSA) is 54.0 Å². The largest absolute Gasteiger partial charge is 0.356 e. The van der Waals surface area contributed by atoms with E-state index in [2.05, 4.69) is 15.6 Å². The lowest BCUT2D eigenvalue weighted by atomic mass is 9.94. The number of amides is 1. The summed E-state index contributed by atoms with van der Waals surface area (Å²) in [5.74, 6) is 0.746. The number of carbonyl (C=O) groups is 1. The van der Waals surface area contributed by atoms with Crippen molar-refractivity contribution in [3.63, 3.8) is 0 Å². The minimum absolute atomic E-state index is 0. The molecule has 0 saturated carbocycles. The highest BCUT2D eigenvalue weighted by Gasteiger charge is 2.16. The van der Waals surface area contributed by atoms with Crippen LogP contribution in [0.15, 0.2) is 24.5 Å². The number of hydrogen-bond donors (Lipinski definition) is 2. The molecular weight excluding hydrogens is 297 g/mol. The summed E-state index contributed by atoms with van der Waals surface area (Å²) in [5, 5.41) is 6.31. The van der Waals surface area contributed by atoms with Crippen molar-refractivity contribution in [1.82, 2.24) is 15.6 Å². The number of rotatable bonds is 5. The maximum absolute atomic E-state index is 11.8. The molecule has 0 bridgehead atoms. The van der Waals surface area contributed by atoms with Gasteiger partial charge < -0.3 is 10.6 Å². The first-order valence-corrected chi connectivity index (χ1v) is 6.71. The Morgan fingerprint density at radius 2 is 2.10 bits per heavy atom. The summed E-state index contributed by atoms with van der Waals surface area (Å²) in [6.07, 6.45) is 7.38. The van der Waals surface area contributed by atoms with Gasteiger partial charge in [0.05, 0.1) is 0 Å². The molecule has 1 aliphatic heterocycles. The second-order valence-electron chi connectivity index (χ2n) is 4.86. The van der Waals surface area contributed by atoms with Gasteiger partial charge in [-0.2, -0.15) is 0 Å².